The lowest BCUT2D eigenvalue weighted by molar-refractivity contribution is -0.141. The number of benzene rings is 3. The molecule has 0 spiro atoms. The highest BCUT2D eigenvalue weighted by molar-refractivity contribution is 6.00. The zero-order valence-corrected chi connectivity index (χ0v) is 26.3. The zero-order valence-electron chi connectivity index (χ0n) is 26.3. The normalized spacial score (nSPS) is 10.7. The van der Waals surface area contributed by atoms with Crippen molar-refractivity contribution in [2.75, 3.05) is 52.9 Å². The fourth-order valence-corrected chi connectivity index (χ4v) is 4.45. The number of carbonyl (C=O) groups excluding carboxylic acids is 2. The Balaban J connectivity index is 1.39. The van der Waals surface area contributed by atoms with Gasteiger partial charge >= 0.3 is 11.9 Å². The fourth-order valence-electron chi connectivity index (χ4n) is 4.45. The molecule has 0 bridgehead atoms. The fraction of sp³-hybridized carbons (Fsp3) is 0.270. The van der Waals surface area contributed by atoms with Gasteiger partial charge in [0.1, 0.15) is 37.9 Å². The van der Waals surface area contributed by atoms with Crippen LogP contribution >= 0.6 is 0 Å². The quantitative estimate of drug-likeness (QED) is 0.0688. The molecule has 0 amide bonds. The van der Waals surface area contributed by atoms with E-state index in [1.54, 1.807) is 20.0 Å². The highest BCUT2D eigenvalue weighted by Gasteiger charge is 2.13. The molecule has 0 fully saturated rings. The molecule has 0 saturated carbocycles. The molecular formula is C37H39NO8. The smallest absolute Gasteiger partial charge is 0.333 e. The minimum atomic E-state index is -0.432. The first-order chi connectivity index (χ1) is 22.3. The lowest BCUT2D eigenvalue weighted by atomic mass is 9.95. The van der Waals surface area contributed by atoms with Crippen LogP contribution in [-0.2, 0) is 28.5 Å². The molecule has 0 aliphatic heterocycles. The number of pyridine rings is 1. The number of hydrogen-bond acceptors (Lipinski definition) is 9. The first-order valence-electron chi connectivity index (χ1n) is 15.0. The predicted molar refractivity (Wildman–Crippen MR) is 177 cm³/mol. The molecule has 0 aliphatic carbocycles. The largest absolute Gasteiger partial charge is 0.491 e. The number of nitrogens with zero attached hydrogens (tertiary/aromatic N) is 1. The Morgan fingerprint density at radius 3 is 1.91 bits per heavy atom. The van der Waals surface area contributed by atoms with Crippen molar-refractivity contribution in [1.82, 2.24) is 4.98 Å². The molecule has 9 nitrogen and oxygen atoms in total. The van der Waals surface area contributed by atoms with Gasteiger partial charge in [0.15, 0.2) is 0 Å². The SMILES string of the molecule is C=C(C)C(=O)OCCOCCOc1cccc(-c2cccc(-c3c(OCCOCCOC(=O)C(=C)C)ccc4cnccc34)c2)c1. The van der Waals surface area contributed by atoms with Gasteiger partial charge in [-0.1, -0.05) is 43.5 Å². The second-order valence-electron chi connectivity index (χ2n) is 10.4. The van der Waals surface area contributed by atoms with Crippen molar-refractivity contribution in [2.45, 2.75) is 13.8 Å². The van der Waals surface area contributed by atoms with E-state index in [1.165, 1.54) is 0 Å². The number of esters is 2. The van der Waals surface area contributed by atoms with Crippen molar-refractivity contribution >= 4 is 22.7 Å². The zero-order chi connectivity index (χ0) is 32.7. The van der Waals surface area contributed by atoms with E-state index >= 15 is 0 Å². The summed E-state index contributed by atoms with van der Waals surface area (Å²) in [5, 5.41) is 2.01. The molecule has 0 radical (unpaired) electrons. The van der Waals surface area contributed by atoms with Gasteiger partial charge in [0.2, 0.25) is 0 Å². The van der Waals surface area contributed by atoms with Gasteiger partial charge in [-0.2, -0.15) is 0 Å². The Morgan fingerprint density at radius 2 is 1.24 bits per heavy atom. The summed E-state index contributed by atoms with van der Waals surface area (Å²) in [7, 11) is 0. The second-order valence-corrected chi connectivity index (χ2v) is 10.4. The number of rotatable bonds is 18. The summed E-state index contributed by atoms with van der Waals surface area (Å²) in [6.07, 6.45) is 3.61. The molecule has 0 atom stereocenters. The van der Waals surface area contributed by atoms with Crippen molar-refractivity contribution < 1.29 is 38.0 Å². The molecule has 0 unspecified atom stereocenters. The third kappa shape index (κ3) is 10.0. The first-order valence-corrected chi connectivity index (χ1v) is 15.0. The Morgan fingerprint density at radius 1 is 0.652 bits per heavy atom. The van der Waals surface area contributed by atoms with Crippen molar-refractivity contribution in [3.63, 3.8) is 0 Å². The Kier molecular flexibility index (Phi) is 12.9. The van der Waals surface area contributed by atoms with E-state index in [4.69, 9.17) is 28.4 Å². The summed E-state index contributed by atoms with van der Waals surface area (Å²) >= 11 is 0. The van der Waals surface area contributed by atoms with Gasteiger partial charge in [0.05, 0.1) is 26.4 Å². The third-order valence-corrected chi connectivity index (χ3v) is 6.70. The number of fused-ring (bicyclic) bond motifs is 1. The van der Waals surface area contributed by atoms with Gasteiger partial charge < -0.3 is 28.4 Å². The van der Waals surface area contributed by atoms with E-state index in [1.807, 2.05) is 54.7 Å². The Bertz CT molecular complexity index is 1660. The molecular weight excluding hydrogens is 586 g/mol. The standard InChI is InChI=1S/C37H39NO8/c1-26(2)36(39)45-21-17-41-15-19-43-32-10-6-8-29(24-32)28-7-5-9-30(23-28)35-33-13-14-38-25-31(33)11-12-34(35)44-20-16-42-18-22-46-37(40)27(3)4/h5-14,23-25H,1,3,15-22H2,2,4H3. The Hall–Kier alpha value is -4.99. The van der Waals surface area contributed by atoms with Crippen LogP contribution in [0.15, 0.2) is 103 Å². The maximum atomic E-state index is 11.5. The highest BCUT2D eigenvalue weighted by Crippen LogP contribution is 2.38. The number of ether oxygens (including phenoxy) is 6. The molecule has 0 N–H and O–H groups in total. The number of aromatic nitrogens is 1. The average Bonchev–Trinajstić information content (AvgIpc) is 3.07. The molecule has 240 valence electrons. The molecule has 0 saturated heterocycles. The average molecular weight is 626 g/mol. The van der Waals surface area contributed by atoms with Crippen LogP contribution in [0.1, 0.15) is 13.8 Å². The maximum absolute atomic E-state index is 11.5. The third-order valence-electron chi connectivity index (χ3n) is 6.70. The van der Waals surface area contributed by atoms with E-state index in [9.17, 15) is 9.59 Å². The van der Waals surface area contributed by atoms with E-state index in [-0.39, 0.29) is 26.4 Å². The summed E-state index contributed by atoms with van der Waals surface area (Å²) in [5.74, 6) is 0.581. The molecule has 1 heterocycles. The minimum absolute atomic E-state index is 0.154. The highest BCUT2D eigenvalue weighted by atomic mass is 16.6. The summed E-state index contributed by atoms with van der Waals surface area (Å²) < 4.78 is 33.3. The summed E-state index contributed by atoms with van der Waals surface area (Å²) in [5.41, 5.74) is 4.67. The summed E-state index contributed by atoms with van der Waals surface area (Å²) in [6.45, 7) is 12.6. The maximum Gasteiger partial charge on any atom is 0.333 e. The molecule has 4 aromatic rings. The van der Waals surface area contributed by atoms with E-state index in [0.29, 0.717) is 37.6 Å². The van der Waals surface area contributed by atoms with Gasteiger partial charge in [-0.25, -0.2) is 9.59 Å². The van der Waals surface area contributed by atoms with Crippen LogP contribution in [0, 0.1) is 0 Å². The van der Waals surface area contributed by atoms with Crippen molar-refractivity contribution in [3.05, 3.63) is 103 Å². The van der Waals surface area contributed by atoms with Crippen LogP contribution < -0.4 is 9.47 Å². The molecule has 46 heavy (non-hydrogen) atoms. The van der Waals surface area contributed by atoms with E-state index < -0.39 is 11.9 Å². The molecule has 0 aliphatic rings. The Labute approximate surface area is 269 Å². The van der Waals surface area contributed by atoms with Crippen LogP contribution in [0.3, 0.4) is 0 Å². The predicted octanol–water partition coefficient (Wildman–Crippen LogP) is 6.60. The van der Waals surface area contributed by atoms with Crippen molar-refractivity contribution in [1.29, 1.82) is 0 Å². The molecule has 3 aromatic carbocycles. The summed E-state index contributed by atoms with van der Waals surface area (Å²) in [4.78, 5) is 27.2. The lowest BCUT2D eigenvalue weighted by Gasteiger charge is -2.16. The minimum Gasteiger partial charge on any atom is -0.491 e. The van der Waals surface area contributed by atoms with E-state index in [0.717, 1.165) is 44.5 Å². The topological polar surface area (TPSA) is 102 Å². The van der Waals surface area contributed by atoms with E-state index in [2.05, 4.69) is 36.3 Å². The first kappa shape index (κ1) is 33.9. The number of hydrogen-bond donors (Lipinski definition) is 0. The summed E-state index contributed by atoms with van der Waals surface area (Å²) in [6, 6.07) is 22.1. The lowest BCUT2D eigenvalue weighted by Crippen LogP contribution is -2.14. The van der Waals surface area contributed by atoms with Crippen LogP contribution in [0.5, 0.6) is 11.5 Å². The van der Waals surface area contributed by atoms with Gasteiger partial charge in [0, 0.05) is 34.5 Å². The van der Waals surface area contributed by atoms with Crippen LogP contribution in [0.2, 0.25) is 0 Å². The van der Waals surface area contributed by atoms with Gasteiger partial charge in [-0.3, -0.25) is 4.98 Å². The van der Waals surface area contributed by atoms with Crippen LogP contribution in [0.25, 0.3) is 33.0 Å². The van der Waals surface area contributed by atoms with Crippen molar-refractivity contribution in [3.8, 4) is 33.8 Å². The molecule has 1 aromatic heterocycles. The monoisotopic (exact) mass is 625 g/mol. The number of carbonyl (C=O) groups is 2. The van der Waals surface area contributed by atoms with Crippen LogP contribution in [-0.4, -0.2) is 69.8 Å². The molecule has 9 heteroatoms. The molecule has 4 rings (SSSR count). The van der Waals surface area contributed by atoms with Gasteiger partial charge in [-0.15, -0.1) is 0 Å². The van der Waals surface area contributed by atoms with Crippen molar-refractivity contribution in [2.24, 2.45) is 0 Å². The van der Waals surface area contributed by atoms with Gasteiger partial charge in [0.25, 0.3) is 0 Å². The van der Waals surface area contributed by atoms with Gasteiger partial charge in [-0.05, 0) is 72.3 Å². The second kappa shape index (κ2) is 17.5. The van der Waals surface area contributed by atoms with Crippen LogP contribution in [0.4, 0.5) is 0 Å².